The predicted octanol–water partition coefficient (Wildman–Crippen LogP) is 4.06. The largest absolute Gasteiger partial charge is 0.464 e. The normalized spacial score (nSPS) is 19.2. The Morgan fingerprint density at radius 2 is 1.70 bits per heavy atom. The molecule has 0 N–H and O–H groups in total. The van der Waals surface area contributed by atoms with Crippen LogP contribution in [0.2, 0.25) is 0 Å². The lowest BCUT2D eigenvalue weighted by atomic mass is 9.79. The van der Waals surface area contributed by atoms with E-state index in [4.69, 9.17) is 9.57 Å². The van der Waals surface area contributed by atoms with E-state index < -0.39 is 11.2 Å². The number of nitrogens with zero attached hydrogens (tertiary/aromatic N) is 1. The van der Waals surface area contributed by atoms with E-state index in [2.05, 4.69) is 18.3 Å². The van der Waals surface area contributed by atoms with Crippen molar-refractivity contribution < 1.29 is 9.57 Å². The van der Waals surface area contributed by atoms with E-state index in [-0.39, 0.29) is 0 Å². The SMILES string of the molecule is C=CCC1(CC=C)OC(c2ccccc2)=NOC1(C)C. The second-order valence-electron chi connectivity index (χ2n) is 5.45. The van der Waals surface area contributed by atoms with Gasteiger partial charge in [0.1, 0.15) is 0 Å². The Kier molecular flexibility index (Phi) is 3.98. The molecule has 20 heavy (non-hydrogen) atoms. The fourth-order valence-electron chi connectivity index (χ4n) is 2.38. The highest BCUT2D eigenvalue weighted by Crippen LogP contribution is 2.40. The summed E-state index contributed by atoms with van der Waals surface area (Å²) in [4.78, 5) is 5.72. The van der Waals surface area contributed by atoms with Crippen molar-refractivity contribution >= 4 is 5.90 Å². The molecular weight excluding hydrogens is 250 g/mol. The molecule has 1 aromatic carbocycles. The van der Waals surface area contributed by atoms with Gasteiger partial charge in [0.05, 0.1) is 0 Å². The molecule has 1 aliphatic rings. The van der Waals surface area contributed by atoms with Crippen molar-refractivity contribution in [3.05, 3.63) is 61.2 Å². The minimum atomic E-state index is -0.548. The molecule has 2 rings (SSSR count). The fourth-order valence-corrected chi connectivity index (χ4v) is 2.38. The van der Waals surface area contributed by atoms with Crippen molar-refractivity contribution in [2.45, 2.75) is 37.9 Å². The van der Waals surface area contributed by atoms with Gasteiger partial charge in [-0.3, -0.25) is 0 Å². The smallest absolute Gasteiger partial charge is 0.258 e. The molecule has 0 bridgehead atoms. The highest BCUT2D eigenvalue weighted by atomic mass is 16.7. The molecule has 0 unspecified atom stereocenters. The molecule has 0 radical (unpaired) electrons. The predicted molar refractivity (Wildman–Crippen MR) is 81.6 cm³/mol. The third-order valence-electron chi connectivity index (χ3n) is 3.71. The summed E-state index contributed by atoms with van der Waals surface area (Å²) in [7, 11) is 0. The maximum Gasteiger partial charge on any atom is 0.258 e. The number of rotatable bonds is 5. The summed E-state index contributed by atoms with van der Waals surface area (Å²) in [6.07, 6.45) is 5.03. The Morgan fingerprint density at radius 1 is 1.10 bits per heavy atom. The Morgan fingerprint density at radius 3 is 2.25 bits per heavy atom. The standard InChI is InChI=1S/C17H21NO2/c1-5-12-17(13-6-2)16(3,4)20-18-15(19-17)14-10-8-7-9-11-14/h5-11H,1-2,12-13H2,3-4H3. The van der Waals surface area contributed by atoms with Crippen molar-refractivity contribution in [2.75, 3.05) is 0 Å². The number of benzene rings is 1. The zero-order valence-electron chi connectivity index (χ0n) is 12.1. The maximum absolute atomic E-state index is 6.24. The van der Waals surface area contributed by atoms with Crippen molar-refractivity contribution in [1.82, 2.24) is 0 Å². The van der Waals surface area contributed by atoms with E-state index in [1.807, 2.05) is 56.3 Å². The zero-order valence-corrected chi connectivity index (χ0v) is 12.1. The molecule has 3 heteroatoms. The first-order valence-electron chi connectivity index (χ1n) is 6.77. The molecule has 0 saturated carbocycles. The van der Waals surface area contributed by atoms with Crippen LogP contribution in [0, 0.1) is 0 Å². The summed E-state index contributed by atoms with van der Waals surface area (Å²) in [5.74, 6) is 0.508. The van der Waals surface area contributed by atoms with E-state index in [9.17, 15) is 0 Å². The maximum atomic E-state index is 6.24. The molecule has 0 atom stereocenters. The van der Waals surface area contributed by atoms with Gasteiger partial charge in [-0.25, -0.2) is 0 Å². The Balaban J connectivity index is 2.40. The van der Waals surface area contributed by atoms with Gasteiger partial charge in [0, 0.05) is 18.4 Å². The fraction of sp³-hybridized carbons (Fsp3) is 0.353. The third kappa shape index (κ3) is 2.48. The van der Waals surface area contributed by atoms with Crippen LogP contribution >= 0.6 is 0 Å². The highest BCUT2D eigenvalue weighted by Gasteiger charge is 2.51. The molecular formula is C17H21NO2. The van der Waals surface area contributed by atoms with Crippen LogP contribution in [-0.2, 0) is 9.57 Å². The van der Waals surface area contributed by atoms with Gasteiger partial charge in [-0.05, 0) is 31.1 Å². The molecule has 106 valence electrons. The van der Waals surface area contributed by atoms with Gasteiger partial charge >= 0.3 is 0 Å². The molecule has 0 amide bonds. The first-order chi connectivity index (χ1) is 9.54. The van der Waals surface area contributed by atoms with Gasteiger partial charge in [0.2, 0.25) is 0 Å². The topological polar surface area (TPSA) is 30.8 Å². The monoisotopic (exact) mass is 271 g/mol. The molecule has 1 aromatic rings. The second-order valence-corrected chi connectivity index (χ2v) is 5.45. The Bertz CT molecular complexity index is 507. The number of hydrogen-bond donors (Lipinski definition) is 0. The highest BCUT2D eigenvalue weighted by molar-refractivity contribution is 5.94. The number of hydrogen-bond acceptors (Lipinski definition) is 3. The lowest BCUT2D eigenvalue weighted by molar-refractivity contribution is -0.179. The van der Waals surface area contributed by atoms with Crippen molar-refractivity contribution in [3.8, 4) is 0 Å². The summed E-state index contributed by atoms with van der Waals surface area (Å²) in [6, 6.07) is 9.76. The van der Waals surface area contributed by atoms with Crippen LogP contribution in [0.1, 0.15) is 32.3 Å². The summed E-state index contributed by atoms with van der Waals surface area (Å²) in [5, 5.41) is 4.14. The van der Waals surface area contributed by atoms with Gasteiger partial charge < -0.3 is 9.57 Å². The number of oxime groups is 1. The summed E-state index contributed by atoms with van der Waals surface area (Å²) in [6.45, 7) is 11.6. The van der Waals surface area contributed by atoms with E-state index in [0.717, 1.165) is 5.56 Å². The molecule has 1 heterocycles. The molecule has 1 aliphatic heterocycles. The van der Waals surface area contributed by atoms with Crippen LogP contribution in [0.15, 0.2) is 60.8 Å². The van der Waals surface area contributed by atoms with Gasteiger partial charge in [-0.1, -0.05) is 30.4 Å². The molecule has 0 spiro atoms. The minimum absolute atomic E-state index is 0.508. The quantitative estimate of drug-likeness (QED) is 0.756. The molecule has 0 aromatic heterocycles. The van der Waals surface area contributed by atoms with Crippen LogP contribution in [-0.4, -0.2) is 17.1 Å². The lowest BCUT2D eigenvalue weighted by Crippen LogP contribution is -2.56. The summed E-state index contributed by atoms with van der Waals surface area (Å²) < 4.78 is 6.24. The van der Waals surface area contributed by atoms with Crippen LogP contribution in [0.25, 0.3) is 0 Å². The van der Waals surface area contributed by atoms with Crippen molar-refractivity contribution in [1.29, 1.82) is 0 Å². The average Bonchev–Trinajstić information content (AvgIpc) is 2.43. The first kappa shape index (κ1) is 14.4. The summed E-state index contributed by atoms with van der Waals surface area (Å²) >= 11 is 0. The zero-order chi connectivity index (χ0) is 14.6. The van der Waals surface area contributed by atoms with Gasteiger partial charge in [-0.2, -0.15) is 0 Å². The van der Waals surface area contributed by atoms with Crippen molar-refractivity contribution in [3.63, 3.8) is 0 Å². The van der Waals surface area contributed by atoms with Crippen LogP contribution in [0.4, 0.5) is 0 Å². The van der Waals surface area contributed by atoms with E-state index in [0.29, 0.717) is 18.7 Å². The van der Waals surface area contributed by atoms with Gasteiger partial charge in [-0.15, -0.1) is 13.2 Å². The summed E-state index contributed by atoms with van der Waals surface area (Å²) in [5.41, 5.74) is -0.183. The van der Waals surface area contributed by atoms with Crippen LogP contribution < -0.4 is 0 Å². The number of ether oxygens (including phenoxy) is 1. The minimum Gasteiger partial charge on any atom is -0.464 e. The second kappa shape index (κ2) is 5.53. The van der Waals surface area contributed by atoms with Crippen molar-refractivity contribution in [2.24, 2.45) is 5.16 Å². The third-order valence-corrected chi connectivity index (χ3v) is 3.71. The molecule has 0 fully saturated rings. The van der Waals surface area contributed by atoms with Gasteiger partial charge in [0.25, 0.3) is 5.90 Å². The molecule has 3 nitrogen and oxygen atoms in total. The molecule has 0 saturated heterocycles. The average molecular weight is 271 g/mol. The van der Waals surface area contributed by atoms with Crippen LogP contribution in [0.5, 0.6) is 0 Å². The Labute approximate surface area is 120 Å². The van der Waals surface area contributed by atoms with Crippen LogP contribution in [0.3, 0.4) is 0 Å². The van der Waals surface area contributed by atoms with E-state index in [1.165, 1.54) is 0 Å². The Hall–Kier alpha value is -2.03. The van der Waals surface area contributed by atoms with E-state index in [1.54, 1.807) is 0 Å². The van der Waals surface area contributed by atoms with Gasteiger partial charge in [0.15, 0.2) is 11.2 Å². The first-order valence-corrected chi connectivity index (χ1v) is 6.77. The molecule has 0 aliphatic carbocycles. The van der Waals surface area contributed by atoms with E-state index >= 15 is 0 Å². The lowest BCUT2D eigenvalue weighted by Gasteiger charge is -2.46.